The number of aromatic nitrogens is 3. The van der Waals surface area contributed by atoms with E-state index in [0.717, 1.165) is 22.4 Å². The zero-order valence-corrected chi connectivity index (χ0v) is 16.6. The molecule has 1 unspecified atom stereocenters. The molecule has 0 radical (unpaired) electrons. The summed E-state index contributed by atoms with van der Waals surface area (Å²) in [5.41, 5.74) is 1.23. The first-order chi connectivity index (χ1) is 13.0. The Hall–Kier alpha value is -2.74. The van der Waals surface area contributed by atoms with Crippen LogP contribution >= 0.6 is 11.3 Å². The number of nitrogens with zero attached hydrogens (tertiary/aromatic N) is 3. The van der Waals surface area contributed by atoms with Gasteiger partial charge in [0.1, 0.15) is 16.8 Å². The van der Waals surface area contributed by atoms with Crippen molar-refractivity contribution in [2.75, 3.05) is 12.4 Å². The minimum Gasteiger partial charge on any atom is -0.495 e. The fourth-order valence-corrected chi connectivity index (χ4v) is 3.81. The Morgan fingerprint density at radius 2 is 2.11 bits per heavy atom. The van der Waals surface area contributed by atoms with Gasteiger partial charge in [-0.1, -0.05) is 37.3 Å². The molecule has 0 bridgehead atoms. The Kier molecular flexibility index (Phi) is 5.55. The molecule has 0 aliphatic heterocycles. The summed E-state index contributed by atoms with van der Waals surface area (Å²) in [7, 11) is 1.56. The van der Waals surface area contributed by atoms with Gasteiger partial charge in [0.05, 0.1) is 12.6 Å². The van der Waals surface area contributed by atoms with Gasteiger partial charge in [0, 0.05) is 11.5 Å². The fourth-order valence-electron chi connectivity index (χ4n) is 3.13. The second kappa shape index (κ2) is 7.87. The van der Waals surface area contributed by atoms with E-state index in [9.17, 15) is 9.59 Å². The predicted molar refractivity (Wildman–Crippen MR) is 107 cm³/mol. The van der Waals surface area contributed by atoms with E-state index in [-0.39, 0.29) is 11.5 Å². The first-order valence-corrected chi connectivity index (χ1v) is 9.63. The number of aryl methyl sites for hydroxylation is 2. The minimum atomic E-state index is -0.689. The van der Waals surface area contributed by atoms with Gasteiger partial charge in [-0.25, -0.2) is 0 Å². The zero-order valence-electron chi connectivity index (χ0n) is 15.8. The number of nitrogens with one attached hydrogen (secondary N) is 1. The van der Waals surface area contributed by atoms with Gasteiger partial charge in [0.25, 0.3) is 5.56 Å². The molecule has 0 aliphatic carbocycles. The van der Waals surface area contributed by atoms with Crippen molar-refractivity contribution in [1.29, 1.82) is 0 Å². The molecule has 0 spiro atoms. The van der Waals surface area contributed by atoms with E-state index < -0.39 is 6.04 Å². The number of rotatable bonds is 6. The fraction of sp³-hybridized carbons (Fsp3) is 0.368. The highest BCUT2D eigenvalue weighted by Crippen LogP contribution is 2.30. The first kappa shape index (κ1) is 19.0. The van der Waals surface area contributed by atoms with E-state index in [2.05, 4.69) is 15.5 Å². The highest BCUT2D eigenvalue weighted by molar-refractivity contribution is 7.15. The van der Waals surface area contributed by atoms with Crippen LogP contribution in [-0.2, 0) is 11.2 Å². The van der Waals surface area contributed by atoms with E-state index >= 15 is 0 Å². The van der Waals surface area contributed by atoms with E-state index in [0.29, 0.717) is 22.8 Å². The second-order valence-electron chi connectivity index (χ2n) is 6.16. The number of hydrogen-bond donors (Lipinski definition) is 1. The largest absolute Gasteiger partial charge is 0.495 e. The highest BCUT2D eigenvalue weighted by atomic mass is 32.1. The molecule has 2 heterocycles. The van der Waals surface area contributed by atoms with Crippen molar-refractivity contribution in [1.82, 2.24) is 14.8 Å². The van der Waals surface area contributed by atoms with E-state index in [4.69, 9.17) is 4.74 Å². The van der Waals surface area contributed by atoms with E-state index in [1.807, 2.05) is 32.9 Å². The first-order valence-electron chi connectivity index (χ1n) is 8.82. The Balaban J connectivity index is 2.10. The van der Waals surface area contributed by atoms with Crippen LogP contribution < -0.4 is 15.6 Å². The third-order valence-corrected chi connectivity index (χ3v) is 5.45. The van der Waals surface area contributed by atoms with Crippen molar-refractivity contribution < 1.29 is 9.53 Å². The average Bonchev–Trinajstić information content (AvgIpc) is 3.11. The van der Waals surface area contributed by atoms with Crippen LogP contribution in [0.4, 0.5) is 5.13 Å². The molecule has 0 aliphatic rings. The predicted octanol–water partition coefficient (Wildman–Crippen LogP) is 3.32. The third-order valence-electron chi connectivity index (χ3n) is 4.46. The quantitative estimate of drug-likeness (QED) is 0.702. The Morgan fingerprint density at radius 1 is 1.33 bits per heavy atom. The number of ether oxygens (including phenoxy) is 1. The number of anilines is 1. The molecular formula is C19H22N4O3S. The number of carbonyl (C=O) groups excluding carboxylic acids is 1. The summed E-state index contributed by atoms with van der Waals surface area (Å²) in [4.78, 5) is 25.8. The summed E-state index contributed by atoms with van der Waals surface area (Å²) in [6.45, 7) is 5.72. The summed E-state index contributed by atoms with van der Waals surface area (Å²) in [5.74, 6) is 0.262. The maximum Gasteiger partial charge on any atom is 0.252 e. The second-order valence-corrected chi connectivity index (χ2v) is 7.22. The summed E-state index contributed by atoms with van der Waals surface area (Å²) < 4.78 is 6.99. The summed E-state index contributed by atoms with van der Waals surface area (Å²) in [6, 6.07) is 6.45. The molecule has 3 rings (SSSR count). The molecule has 8 heteroatoms. The SMILES string of the molecule is CCc1nnc(NC(=O)C(CC)n2c(=O)cc(C)c3cccc(OC)c32)s1. The smallest absolute Gasteiger partial charge is 0.252 e. The summed E-state index contributed by atoms with van der Waals surface area (Å²) >= 11 is 1.34. The van der Waals surface area contributed by atoms with Crippen molar-refractivity contribution in [2.24, 2.45) is 0 Å². The summed E-state index contributed by atoms with van der Waals surface area (Å²) in [5, 5.41) is 13.0. The molecule has 3 aromatic rings. The minimum absolute atomic E-state index is 0.238. The van der Waals surface area contributed by atoms with Crippen LogP contribution in [0.2, 0.25) is 0 Å². The number of hydrogen-bond acceptors (Lipinski definition) is 6. The number of benzene rings is 1. The Bertz CT molecular complexity index is 1040. The van der Waals surface area contributed by atoms with E-state index in [1.165, 1.54) is 15.9 Å². The molecular weight excluding hydrogens is 364 g/mol. The lowest BCUT2D eigenvalue weighted by atomic mass is 10.1. The van der Waals surface area contributed by atoms with Crippen LogP contribution in [0, 0.1) is 6.92 Å². The van der Waals surface area contributed by atoms with Gasteiger partial charge in [0.15, 0.2) is 0 Å². The highest BCUT2D eigenvalue weighted by Gasteiger charge is 2.24. The van der Waals surface area contributed by atoms with Crippen LogP contribution in [0.1, 0.15) is 36.9 Å². The van der Waals surface area contributed by atoms with Gasteiger partial charge < -0.3 is 4.74 Å². The van der Waals surface area contributed by atoms with Gasteiger partial charge in [0.2, 0.25) is 11.0 Å². The molecule has 27 heavy (non-hydrogen) atoms. The molecule has 1 aromatic carbocycles. The Morgan fingerprint density at radius 3 is 2.74 bits per heavy atom. The standard InChI is InChI=1S/C19H22N4O3S/c1-5-13(18(25)20-19-22-21-15(6-2)27-19)23-16(24)10-11(3)12-8-7-9-14(26-4)17(12)23/h7-10,13H,5-6H2,1-4H3,(H,20,22,25). The van der Waals surface area contributed by atoms with Crippen molar-refractivity contribution in [2.45, 2.75) is 39.7 Å². The Labute approximate surface area is 161 Å². The molecule has 0 saturated carbocycles. The maximum atomic E-state index is 12.9. The van der Waals surface area contributed by atoms with Crippen LogP contribution in [0.25, 0.3) is 10.9 Å². The average molecular weight is 386 g/mol. The maximum absolute atomic E-state index is 12.9. The van der Waals surface area contributed by atoms with Crippen molar-refractivity contribution in [3.05, 3.63) is 45.2 Å². The van der Waals surface area contributed by atoms with Gasteiger partial charge >= 0.3 is 0 Å². The molecule has 7 nitrogen and oxygen atoms in total. The van der Waals surface area contributed by atoms with Crippen LogP contribution in [0.3, 0.4) is 0 Å². The molecule has 1 N–H and O–H groups in total. The number of para-hydroxylation sites is 1. The van der Waals surface area contributed by atoms with Crippen molar-refractivity contribution in [3.63, 3.8) is 0 Å². The van der Waals surface area contributed by atoms with Crippen molar-refractivity contribution >= 4 is 33.3 Å². The molecule has 2 aromatic heterocycles. The number of carbonyl (C=O) groups is 1. The van der Waals surface area contributed by atoms with E-state index in [1.54, 1.807) is 19.2 Å². The lowest BCUT2D eigenvalue weighted by Gasteiger charge is -2.21. The lowest BCUT2D eigenvalue weighted by molar-refractivity contribution is -0.119. The zero-order chi connectivity index (χ0) is 19.6. The molecule has 142 valence electrons. The molecule has 0 saturated heterocycles. The van der Waals surface area contributed by atoms with Gasteiger partial charge in [-0.2, -0.15) is 0 Å². The number of methoxy groups -OCH3 is 1. The van der Waals surface area contributed by atoms with Crippen LogP contribution in [0.5, 0.6) is 5.75 Å². The lowest BCUT2D eigenvalue weighted by Crippen LogP contribution is -2.33. The normalized spacial score (nSPS) is 12.1. The number of pyridine rings is 1. The van der Waals surface area contributed by atoms with Crippen LogP contribution in [0.15, 0.2) is 29.1 Å². The molecule has 0 fully saturated rings. The van der Waals surface area contributed by atoms with Gasteiger partial charge in [-0.05, 0) is 31.4 Å². The third kappa shape index (κ3) is 3.57. The molecule has 1 amide bonds. The van der Waals surface area contributed by atoms with Crippen LogP contribution in [-0.4, -0.2) is 27.8 Å². The summed E-state index contributed by atoms with van der Waals surface area (Å²) in [6.07, 6.45) is 1.20. The monoisotopic (exact) mass is 386 g/mol. The number of fused-ring (bicyclic) bond motifs is 1. The van der Waals surface area contributed by atoms with Crippen molar-refractivity contribution in [3.8, 4) is 5.75 Å². The number of amides is 1. The van der Waals surface area contributed by atoms with Gasteiger partial charge in [-0.3, -0.25) is 19.5 Å². The topological polar surface area (TPSA) is 86.1 Å². The van der Waals surface area contributed by atoms with Gasteiger partial charge in [-0.15, -0.1) is 10.2 Å². The molecule has 1 atom stereocenters.